The number of primary amides is 1. The molecule has 3 rings (SSSR count). The Morgan fingerprint density at radius 2 is 1.93 bits per heavy atom. The molecule has 0 aliphatic heterocycles. The molecule has 1 radical (unpaired) electrons. The SMILES string of the molecule is N#Cc1ccc(-c2cccc([CH]C(=O)NCc3ncccc3C(N)=O)c2)cc1F. The first-order valence-electron chi connectivity index (χ1n) is 8.64. The molecule has 0 aliphatic rings. The van der Waals surface area contributed by atoms with E-state index in [-0.39, 0.29) is 23.6 Å². The normalized spacial score (nSPS) is 10.2. The van der Waals surface area contributed by atoms with E-state index in [2.05, 4.69) is 10.3 Å². The molecule has 3 aromatic rings. The van der Waals surface area contributed by atoms with Crippen molar-refractivity contribution >= 4 is 11.8 Å². The highest BCUT2D eigenvalue weighted by Crippen LogP contribution is 2.23. The highest BCUT2D eigenvalue weighted by Gasteiger charge is 2.11. The van der Waals surface area contributed by atoms with Crippen LogP contribution >= 0.6 is 0 Å². The molecule has 143 valence electrons. The number of hydrogen-bond acceptors (Lipinski definition) is 4. The molecule has 0 atom stereocenters. The van der Waals surface area contributed by atoms with E-state index in [9.17, 15) is 14.0 Å². The Morgan fingerprint density at radius 1 is 1.14 bits per heavy atom. The van der Waals surface area contributed by atoms with E-state index < -0.39 is 11.7 Å². The van der Waals surface area contributed by atoms with Crippen LogP contribution in [-0.4, -0.2) is 16.8 Å². The monoisotopic (exact) mass is 387 g/mol. The number of pyridine rings is 1. The third kappa shape index (κ3) is 4.82. The smallest absolute Gasteiger partial charge is 0.250 e. The average Bonchev–Trinajstić information content (AvgIpc) is 2.72. The second-order valence-electron chi connectivity index (χ2n) is 6.16. The number of rotatable bonds is 6. The molecule has 6 nitrogen and oxygen atoms in total. The highest BCUT2D eigenvalue weighted by molar-refractivity contribution is 5.94. The number of amides is 2. The molecule has 7 heteroatoms. The van der Waals surface area contributed by atoms with Gasteiger partial charge in [0.15, 0.2) is 0 Å². The van der Waals surface area contributed by atoms with Crippen molar-refractivity contribution in [3.05, 3.63) is 95.4 Å². The van der Waals surface area contributed by atoms with E-state index in [1.54, 1.807) is 48.5 Å². The molecule has 1 aromatic heterocycles. The number of hydrogen-bond donors (Lipinski definition) is 2. The van der Waals surface area contributed by atoms with E-state index in [1.165, 1.54) is 24.8 Å². The summed E-state index contributed by atoms with van der Waals surface area (Å²) in [5, 5.41) is 11.5. The molecule has 0 unspecified atom stereocenters. The van der Waals surface area contributed by atoms with Gasteiger partial charge in [0.05, 0.1) is 29.8 Å². The molecule has 0 bridgehead atoms. The maximum absolute atomic E-state index is 13.9. The number of nitrogens with one attached hydrogen (secondary N) is 1. The van der Waals surface area contributed by atoms with Gasteiger partial charge in [-0.15, -0.1) is 0 Å². The van der Waals surface area contributed by atoms with E-state index in [4.69, 9.17) is 11.0 Å². The Hall–Kier alpha value is -4.05. The summed E-state index contributed by atoms with van der Waals surface area (Å²) in [6.07, 6.45) is 2.90. The first kappa shape index (κ1) is 19.7. The molecular formula is C22H16FN4O2. The lowest BCUT2D eigenvalue weighted by Gasteiger charge is -2.09. The van der Waals surface area contributed by atoms with Gasteiger partial charge in [0.2, 0.25) is 5.91 Å². The molecule has 29 heavy (non-hydrogen) atoms. The maximum atomic E-state index is 13.9. The van der Waals surface area contributed by atoms with Crippen LogP contribution in [0.25, 0.3) is 11.1 Å². The van der Waals surface area contributed by atoms with Crippen LogP contribution in [0.4, 0.5) is 4.39 Å². The molecule has 3 N–H and O–H groups in total. The van der Waals surface area contributed by atoms with Crippen LogP contribution in [0.15, 0.2) is 60.8 Å². The summed E-state index contributed by atoms with van der Waals surface area (Å²) in [5.41, 5.74) is 7.81. The van der Waals surface area contributed by atoms with Crippen LogP contribution in [0.2, 0.25) is 0 Å². The molecule has 0 aliphatic carbocycles. The molecule has 1 heterocycles. The minimum atomic E-state index is -0.617. The van der Waals surface area contributed by atoms with Crippen molar-refractivity contribution in [2.75, 3.05) is 0 Å². The Balaban J connectivity index is 1.69. The second kappa shape index (κ2) is 8.76. The van der Waals surface area contributed by atoms with Crippen molar-refractivity contribution in [2.24, 2.45) is 5.73 Å². The fourth-order valence-corrected chi connectivity index (χ4v) is 2.77. The van der Waals surface area contributed by atoms with Crippen LogP contribution in [0.5, 0.6) is 0 Å². The predicted molar refractivity (Wildman–Crippen MR) is 105 cm³/mol. The number of carbonyl (C=O) groups is 2. The molecule has 0 spiro atoms. The van der Waals surface area contributed by atoms with Gasteiger partial charge < -0.3 is 11.1 Å². The summed E-state index contributed by atoms with van der Waals surface area (Å²) < 4.78 is 13.9. The Morgan fingerprint density at radius 3 is 2.66 bits per heavy atom. The van der Waals surface area contributed by atoms with E-state index >= 15 is 0 Å². The number of nitrogens with zero attached hydrogens (tertiary/aromatic N) is 2. The molecular weight excluding hydrogens is 371 g/mol. The van der Waals surface area contributed by atoms with Crippen LogP contribution in [0.3, 0.4) is 0 Å². The summed E-state index contributed by atoms with van der Waals surface area (Å²) in [4.78, 5) is 27.7. The molecule has 2 aromatic carbocycles. The van der Waals surface area contributed by atoms with Gasteiger partial charge in [-0.1, -0.05) is 30.3 Å². The number of carbonyl (C=O) groups excluding carboxylic acids is 2. The van der Waals surface area contributed by atoms with E-state index in [0.717, 1.165) is 0 Å². The fraction of sp³-hybridized carbons (Fsp3) is 0.0455. The van der Waals surface area contributed by atoms with Crippen molar-refractivity contribution in [1.82, 2.24) is 10.3 Å². The Kier molecular flexibility index (Phi) is 5.95. The molecule has 0 saturated heterocycles. The lowest BCUT2D eigenvalue weighted by molar-refractivity contribution is -0.117. The molecule has 0 fully saturated rings. The van der Waals surface area contributed by atoms with Gasteiger partial charge in [0.1, 0.15) is 11.9 Å². The largest absolute Gasteiger partial charge is 0.366 e. The van der Waals surface area contributed by atoms with Crippen LogP contribution in [-0.2, 0) is 11.3 Å². The van der Waals surface area contributed by atoms with Gasteiger partial charge in [0.25, 0.3) is 5.91 Å². The van der Waals surface area contributed by atoms with Crippen LogP contribution in [0.1, 0.15) is 27.2 Å². The summed E-state index contributed by atoms with van der Waals surface area (Å²) >= 11 is 0. The number of nitrogens with two attached hydrogens (primary N) is 1. The van der Waals surface area contributed by atoms with Gasteiger partial charge in [-0.05, 0) is 41.0 Å². The minimum Gasteiger partial charge on any atom is -0.366 e. The summed E-state index contributed by atoms with van der Waals surface area (Å²) in [7, 11) is 0. The van der Waals surface area contributed by atoms with Crippen molar-refractivity contribution in [2.45, 2.75) is 6.54 Å². The third-order valence-electron chi connectivity index (χ3n) is 4.19. The van der Waals surface area contributed by atoms with Gasteiger partial charge >= 0.3 is 0 Å². The first-order chi connectivity index (χ1) is 14.0. The average molecular weight is 387 g/mol. The standard InChI is InChI=1S/C22H16FN4O2/c23-19-11-16(6-7-17(19)12-24)15-4-1-3-14(9-15)10-21(28)27-13-20-18(22(25)29)5-2-8-26-20/h1-11H,13H2,(H2,25,29)(H,27,28). The summed E-state index contributed by atoms with van der Waals surface area (Å²) in [6.45, 7) is 0.0506. The van der Waals surface area contributed by atoms with Gasteiger partial charge in [0, 0.05) is 6.20 Å². The first-order valence-corrected chi connectivity index (χ1v) is 8.64. The topological polar surface area (TPSA) is 109 Å². The second-order valence-corrected chi connectivity index (χ2v) is 6.16. The fourth-order valence-electron chi connectivity index (χ4n) is 2.77. The minimum absolute atomic E-state index is 0.0271. The number of halogens is 1. The van der Waals surface area contributed by atoms with Crippen LogP contribution in [0, 0.1) is 23.6 Å². The highest BCUT2D eigenvalue weighted by atomic mass is 19.1. The number of benzene rings is 2. The van der Waals surface area contributed by atoms with E-state index in [1.807, 2.05) is 0 Å². The van der Waals surface area contributed by atoms with Crippen molar-refractivity contribution in [1.29, 1.82) is 5.26 Å². The number of nitriles is 1. The van der Waals surface area contributed by atoms with Gasteiger partial charge in [-0.2, -0.15) is 5.26 Å². The Bertz CT molecular complexity index is 1120. The van der Waals surface area contributed by atoms with Gasteiger partial charge in [-0.25, -0.2) is 4.39 Å². The molecule has 0 saturated carbocycles. The Labute approximate surface area is 166 Å². The quantitative estimate of drug-likeness (QED) is 0.678. The number of aromatic nitrogens is 1. The van der Waals surface area contributed by atoms with Gasteiger partial charge in [-0.3, -0.25) is 14.6 Å². The zero-order valence-corrected chi connectivity index (χ0v) is 15.2. The van der Waals surface area contributed by atoms with Crippen molar-refractivity contribution < 1.29 is 14.0 Å². The maximum Gasteiger partial charge on any atom is 0.250 e. The predicted octanol–water partition coefficient (Wildman–Crippen LogP) is 2.73. The lowest BCUT2D eigenvalue weighted by Crippen LogP contribution is -2.26. The van der Waals surface area contributed by atoms with Crippen LogP contribution < -0.4 is 11.1 Å². The summed E-state index contributed by atoms with van der Waals surface area (Å²) in [6, 6.07) is 16.3. The lowest BCUT2D eigenvalue weighted by atomic mass is 10.0. The summed E-state index contributed by atoms with van der Waals surface area (Å²) in [5.74, 6) is -1.60. The van der Waals surface area contributed by atoms with Crippen molar-refractivity contribution in [3.63, 3.8) is 0 Å². The third-order valence-corrected chi connectivity index (χ3v) is 4.19. The van der Waals surface area contributed by atoms with Crippen molar-refractivity contribution in [3.8, 4) is 17.2 Å². The zero-order valence-electron chi connectivity index (χ0n) is 15.2. The van der Waals surface area contributed by atoms with E-state index in [0.29, 0.717) is 22.4 Å². The molecule has 2 amide bonds. The zero-order chi connectivity index (χ0) is 20.8.